The van der Waals surface area contributed by atoms with Crippen molar-refractivity contribution in [3.8, 4) is 5.75 Å². The van der Waals surface area contributed by atoms with Crippen LogP contribution in [0.3, 0.4) is 0 Å². The fourth-order valence-corrected chi connectivity index (χ4v) is 5.51. The minimum absolute atomic E-state index is 0.00952. The zero-order chi connectivity index (χ0) is 24.7. The molecule has 1 amide bonds. The van der Waals surface area contributed by atoms with E-state index in [1.54, 1.807) is 0 Å². The van der Waals surface area contributed by atoms with Gasteiger partial charge in [-0.2, -0.15) is 4.31 Å². The van der Waals surface area contributed by atoms with Crippen LogP contribution in [-0.4, -0.2) is 31.8 Å². The van der Waals surface area contributed by atoms with Crippen LogP contribution in [0.4, 0.5) is 0 Å². The Morgan fingerprint density at radius 2 is 1.82 bits per heavy atom. The van der Waals surface area contributed by atoms with Gasteiger partial charge in [-0.15, -0.1) is 0 Å². The number of sulfonamides is 1. The van der Waals surface area contributed by atoms with Gasteiger partial charge < -0.3 is 10.1 Å². The molecule has 180 valence electrons. The maximum Gasteiger partial charge on any atom is 0.243 e. The maximum absolute atomic E-state index is 13.5. The molecule has 9 heteroatoms. The molecule has 0 saturated carbocycles. The van der Waals surface area contributed by atoms with Crippen molar-refractivity contribution in [2.45, 2.75) is 31.3 Å². The summed E-state index contributed by atoms with van der Waals surface area (Å²) in [5.41, 5.74) is 1.66. The molecule has 0 saturated heterocycles. The normalized spacial score (nSPS) is 12.4. The van der Waals surface area contributed by atoms with E-state index in [0.717, 1.165) is 19.9 Å². The van der Waals surface area contributed by atoms with Gasteiger partial charge in [0.2, 0.25) is 15.9 Å². The fraction of sp³-hybridized carbons (Fsp3) is 0.240. The highest BCUT2D eigenvalue weighted by atomic mass is 79.9. The van der Waals surface area contributed by atoms with Crippen LogP contribution in [0.25, 0.3) is 0 Å². The molecule has 34 heavy (non-hydrogen) atoms. The molecule has 0 fully saturated rings. The summed E-state index contributed by atoms with van der Waals surface area (Å²) in [4.78, 5) is 12.9. The van der Waals surface area contributed by atoms with E-state index in [-0.39, 0.29) is 29.0 Å². The molecule has 0 bridgehead atoms. The third-order valence-electron chi connectivity index (χ3n) is 5.09. The molecule has 0 aliphatic rings. The Balaban J connectivity index is 1.85. The molecule has 0 aromatic heterocycles. The zero-order valence-electron chi connectivity index (χ0n) is 18.9. The monoisotopic (exact) mass is 564 g/mol. The predicted molar refractivity (Wildman–Crippen MR) is 137 cm³/mol. The van der Waals surface area contributed by atoms with Crippen LogP contribution in [0.2, 0.25) is 5.02 Å². The van der Waals surface area contributed by atoms with Crippen LogP contribution >= 0.6 is 27.5 Å². The van der Waals surface area contributed by atoms with Crippen LogP contribution in [0.5, 0.6) is 5.75 Å². The molecule has 0 unspecified atom stereocenters. The maximum atomic E-state index is 13.5. The number of carbonyl (C=O) groups excluding carboxylic acids is 1. The average Bonchev–Trinajstić information content (AvgIpc) is 2.80. The lowest BCUT2D eigenvalue weighted by Gasteiger charge is -2.23. The van der Waals surface area contributed by atoms with Gasteiger partial charge in [-0.3, -0.25) is 4.79 Å². The van der Waals surface area contributed by atoms with Gasteiger partial charge in [-0.25, -0.2) is 8.42 Å². The lowest BCUT2D eigenvalue weighted by atomic mass is 10.1. The number of rotatable bonds is 10. The van der Waals surface area contributed by atoms with Gasteiger partial charge in [-0.05, 0) is 55.3 Å². The van der Waals surface area contributed by atoms with Crippen molar-refractivity contribution >= 4 is 43.5 Å². The van der Waals surface area contributed by atoms with Crippen molar-refractivity contribution in [2.24, 2.45) is 0 Å². The summed E-state index contributed by atoms with van der Waals surface area (Å²) >= 11 is 9.67. The Morgan fingerprint density at radius 1 is 1.09 bits per heavy atom. The predicted octanol–water partition coefficient (Wildman–Crippen LogP) is 5.57. The Morgan fingerprint density at radius 3 is 2.47 bits per heavy atom. The molecule has 3 aromatic carbocycles. The van der Waals surface area contributed by atoms with Gasteiger partial charge in [0.15, 0.2) is 0 Å². The molecule has 3 aromatic rings. The molecule has 0 heterocycles. The molecular formula is C25H26BrClN2O4S. The number of carbonyl (C=O) groups is 1. The second kappa shape index (κ2) is 11.8. The Labute approximate surface area is 214 Å². The van der Waals surface area contributed by atoms with Crippen LogP contribution in [0, 0.1) is 0 Å². The first-order valence-corrected chi connectivity index (χ1v) is 13.3. The number of amides is 1. The van der Waals surface area contributed by atoms with E-state index in [2.05, 4.69) is 21.2 Å². The Hall–Kier alpha value is -2.39. The van der Waals surface area contributed by atoms with E-state index in [9.17, 15) is 13.2 Å². The van der Waals surface area contributed by atoms with Crippen LogP contribution in [0.1, 0.15) is 31.0 Å². The van der Waals surface area contributed by atoms with Crippen molar-refractivity contribution in [1.82, 2.24) is 9.62 Å². The summed E-state index contributed by atoms with van der Waals surface area (Å²) in [5.74, 6) is -0.0117. The number of ether oxygens (including phenoxy) is 1. The van der Waals surface area contributed by atoms with Crippen LogP contribution in [-0.2, 0) is 21.4 Å². The van der Waals surface area contributed by atoms with Gasteiger partial charge in [-0.1, -0.05) is 70.0 Å². The summed E-state index contributed by atoms with van der Waals surface area (Å²) in [7, 11) is -4.03. The number of nitrogens with one attached hydrogen (secondary N) is 1. The van der Waals surface area contributed by atoms with Gasteiger partial charge >= 0.3 is 0 Å². The summed E-state index contributed by atoms with van der Waals surface area (Å²) in [6.07, 6.45) is 0. The number of halogens is 2. The molecule has 6 nitrogen and oxygen atoms in total. The highest BCUT2D eigenvalue weighted by Crippen LogP contribution is 2.29. The van der Waals surface area contributed by atoms with E-state index >= 15 is 0 Å². The van der Waals surface area contributed by atoms with E-state index in [1.165, 1.54) is 18.2 Å². The molecule has 1 atom stereocenters. The lowest BCUT2D eigenvalue weighted by molar-refractivity contribution is -0.122. The Kier molecular flexibility index (Phi) is 9.13. The minimum Gasteiger partial charge on any atom is -0.492 e. The molecule has 0 aliphatic carbocycles. The largest absolute Gasteiger partial charge is 0.492 e. The number of hydrogen-bond acceptors (Lipinski definition) is 4. The van der Waals surface area contributed by atoms with Crippen LogP contribution < -0.4 is 10.1 Å². The van der Waals surface area contributed by atoms with Crippen molar-refractivity contribution in [3.63, 3.8) is 0 Å². The van der Waals surface area contributed by atoms with Crippen molar-refractivity contribution in [3.05, 3.63) is 93.4 Å². The Bertz CT molecular complexity index is 1240. The first-order chi connectivity index (χ1) is 16.2. The molecule has 0 radical (unpaired) electrons. The van der Waals surface area contributed by atoms with E-state index in [4.69, 9.17) is 16.3 Å². The minimum atomic E-state index is -4.03. The second-order valence-electron chi connectivity index (χ2n) is 7.63. The van der Waals surface area contributed by atoms with Crippen molar-refractivity contribution in [2.75, 3.05) is 13.2 Å². The van der Waals surface area contributed by atoms with E-state index in [0.29, 0.717) is 12.4 Å². The van der Waals surface area contributed by atoms with Gasteiger partial charge in [0, 0.05) is 11.0 Å². The SMILES string of the molecule is CCOc1ccc(S(=O)(=O)N(CC(=O)N[C@@H](C)c2cccc(Br)c2)Cc2ccccc2)cc1Cl. The molecule has 0 aliphatic heterocycles. The highest BCUT2D eigenvalue weighted by molar-refractivity contribution is 9.10. The fourth-order valence-electron chi connectivity index (χ4n) is 3.38. The van der Waals surface area contributed by atoms with Gasteiger partial charge in [0.05, 0.1) is 29.1 Å². The molecular weight excluding hydrogens is 540 g/mol. The van der Waals surface area contributed by atoms with Crippen molar-refractivity contribution < 1.29 is 17.9 Å². The van der Waals surface area contributed by atoms with E-state index in [1.807, 2.05) is 68.4 Å². The highest BCUT2D eigenvalue weighted by Gasteiger charge is 2.28. The van der Waals surface area contributed by atoms with Crippen LogP contribution in [0.15, 0.2) is 82.2 Å². The summed E-state index contributed by atoms with van der Waals surface area (Å²) in [5, 5.41) is 3.08. The molecule has 3 rings (SSSR count). The first kappa shape index (κ1) is 26.2. The molecule has 1 N–H and O–H groups in total. The number of hydrogen-bond donors (Lipinski definition) is 1. The smallest absolute Gasteiger partial charge is 0.243 e. The average molecular weight is 566 g/mol. The number of benzene rings is 3. The first-order valence-electron chi connectivity index (χ1n) is 10.7. The second-order valence-corrected chi connectivity index (χ2v) is 10.9. The zero-order valence-corrected chi connectivity index (χ0v) is 22.0. The molecule has 0 spiro atoms. The number of nitrogens with zero attached hydrogens (tertiary/aromatic N) is 1. The summed E-state index contributed by atoms with van der Waals surface area (Å²) < 4.78 is 34.5. The third kappa shape index (κ3) is 6.82. The summed E-state index contributed by atoms with van der Waals surface area (Å²) in [6, 6.07) is 20.7. The van der Waals surface area contributed by atoms with Gasteiger partial charge in [0.25, 0.3) is 0 Å². The van der Waals surface area contributed by atoms with Gasteiger partial charge in [0.1, 0.15) is 5.75 Å². The third-order valence-corrected chi connectivity index (χ3v) is 7.67. The topological polar surface area (TPSA) is 75.7 Å². The standard InChI is InChI=1S/C25H26BrClN2O4S/c1-3-33-24-13-12-22(15-23(24)27)34(31,32)29(16-19-8-5-4-6-9-19)17-25(30)28-18(2)20-10-7-11-21(26)14-20/h4-15,18H,3,16-17H2,1-2H3,(H,28,30)/t18-/m0/s1. The van der Waals surface area contributed by atoms with E-state index < -0.39 is 15.9 Å². The lowest BCUT2D eigenvalue weighted by Crippen LogP contribution is -2.41. The summed E-state index contributed by atoms with van der Waals surface area (Å²) in [6.45, 7) is 3.76. The quantitative estimate of drug-likeness (QED) is 0.349. The van der Waals surface area contributed by atoms with Crippen molar-refractivity contribution in [1.29, 1.82) is 0 Å².